The van der Waals surface area contributed by atoms with Gasteiger partial charge in [0, 0.05) is 23.1 Å². The normalized spacial score (nSPS) is 17.8. The van der Waals surface area contributed by atoms with Gasteiger partial charge in [0.2, 0.25) is 5.12 Å². The SMILES string of the molecule is N[C@@H](C(=O)N(C(=O)COc1ccccc1[N+](=O)[O-])C1C(=O)N2C(C(=O)O)=C(CSC(=O)c3ccccc3)CS[C@H]12)c1ccccc1. The molecule has 15 heteroatoms. The molecular formula is C31H26N4O9S2. The number of imide groups is 1. The lowest BCUT2D eigenvalue weighted by Gasteiger charge is -2.52. The summed E-state index contributed by atoms with van der Waals surface area (Å²) in [5, 5.41) is 20.3. The highest BCUT2D eigenvalue weighted by Crippen LogP contribution is 2.44. The Balaban J connectivity index is 1.41. The van der Waals surface area contributed by atoms with Crippen LogP contribution in [0, 0.1) is 10.1 Å². The Bertz CT molecular complexity index is 1740. The average molecular weight is 663 g/mol. The fraction of sp³-hybridized carbons (Fsp3) is 0.194. The summed E-state index contributed by atoms with van der Waals surface area (Å²) in [4.78, 5) is 78.5. The van der Waals surface area contributed by atoms with Crippen molar-refractivity contribution in [3.8, 4) is 5.75 Å². The molecule has 0 saturated carbocycles. The number of aliphatic carboxylic acids is 1. The van der Waals surface area contributed by atoms with Crippen molar-refractivity contribution < 1.29 is 38.7 Å². The maximum atomic E-state index is 13.8. The predicted octanol–water partition coefficient (Wildman–Crippen LogP) is 3.22. The van der Waals surface area contributed by atoms with Crippen LogP contribution in [0.1, 0.15) is 22.0 Å². The number of para-hydroxylation sites is 2. The summed E-state index contributed by atoms with van der Waals surface area (Å²) in [6.45, 7) is -0.843. The maximum absolute atomic E-state index is 13.8. The van der Waals surface area contributed by atoms with Gasteiger partial charge in [-0.05, 0) is 17.2 Å². The predicted molar refractivity (Wildman–Crippen MR) is 169 cm³/mol. The second-order valence-electron chi connectivity index (χ2n) is 10.1. The number of rotatable bonds is 11. The number of nitrogens with two attached hydrogens (primary N) is 1. The van der Waals surface area contributed by atoms with E-state index in [1.807, 2.05) is 0 Å². The van der Waals surface area contributed by atoms with Gasteiger partial charge in [0.25, 0.3) is 17.7 Å². The lowest BCUT2D eigenvalue weighted by atomic mass is 9.99. The summed E-state index contributed by atoms with van der Waals surface area (Å²) < 4.78 is 5.44. The van der Waals surface area contributed by atoms with Gasteiger partial charge in [-0.3, -0.25) is 39.1 Å². The standard InChI is InChI=1S/C31H26N4O9S2/c32-24(18-9-3-1-4-10-18)27(37)33(23(36)15-44-22-14-8-7-13-21(22)35(42)43)26-28(38)34-25(30(39)40)20(16-45-29(26)34)17-46-31(41)19-11-5-2-6-12-19/h1-14,24,26,29H,15-17,32H2,(H,39,40)/t24-,26?,29-/m1/s1. The summed E-state index contributed by atoms with van der Waals surface area (Å²) in [5.74, 6) is -4.27. The molecule has 5 rings (SSSR count). The van der Waals surface area contributed by atoms with Gasteiger partial charge in [0.15, 0.2) is 12.4 Å². The molecule has 3 N–H and O–H groups in total. The molecule has 0 aromatic heterocycles. The fourth-order valence-electron chi connectivity index (χ4n) is 5.00. The van der Waals surface area contributed by atoms with Crippen molar-refractivity contribution in [3.63, 3.8) is 0 Å². The highest BCUT2D eigenvalue weighted by molar-refractivity contribution is 8.14. The Morgan fingerprint density at radius 2 is 1.67 bits per heavy atom. The molecule has 236 valence electrons. The molecule has 2 aliphatic heterocycles. The molecule has 2 aliphatic rings. The first-order valence-electron chi connectivity index (χ1n) is 13.7. The van der Waals surface area contributed by atoms with Crippen LogP contribution < -0.4 is 10.5 Å². The largest absolute Gasteiger partial charge is 0.477 e. The molecule has 1 fully saturated rings. The van der Waals surface area contributed by atoms with E-state index in [0.29, 0.717) is 21.6 Å². The minimum Gasteiger partial charge on any atom is -0.477 e. The van der Waals surface area contributed by atoms with Crippen LogP contribution in [0.15, 0.2) is 96.2 Å². The Hall–Kier alpha value is -4.99. The van der Waals surface area contributed by atoms with Crippen LogP contribution in [0.3, 0.4) is 0 Å². The van der Waals surface area contributed by atoms with E-state index in [-0.39, 0.29) is 28.1 Å². The Morgan fingerprint density at radius 3 is 2.33 bits per heavy atom. The summed E-state index contributed by atoms with van der Waals surface area (Å²) in [5.41, 5.74) is 6.66. The van der Waals surface area contributed by atoms with E-state index < -0.39 is 58.4 Å². The molecule has 3 aromatic carbocycles. The molecule has 1 saturated heterocycles. The Kier molecular flexibility index (Phi) is 9.84. The lowest BCUT2D eigenvalue weighted by Crippen LogP contribution is -2.73. The number of hydrogen-bond donors (Lipinski definition) is 2. The van der Waals surface area contributed by atoms with E-state index in [2.05, 4.69) is 0 Å². The first-order valence-corrected chi connectivity index (χ1v) is 15.8. The lowest BCUT2D eigenvalue weighted by molar-refractivity contribution is -0.385. The minimum absolute atomic E-state index is 0.00762. The number of carbonyl (C=O) groups is 5. The number of carbonyl (C=O) groups excluding carboxylic acids is 4. The zero-order chi connectivity index (χ0) is 33.0. The number of thioether (sulfide) groups is 2. The molecular weight excluding hydrogens is 636 g/mol. The summed E-state index contributed by atoms with van der Waals surface area (Å²) in [6.07, 6.45) is 0. The molecule has 3 atom stereocenters. The Labute approximate surface area is 270 Å². The van der Waals surface area contributed by atoms with Crippen LogP contribution in [-0.4, -0.2) is 78.2 Å². The van der Waals surface area contributed by atoms with Gasteiger partial charge in [-0.15, -0.1) is 11.8 Å². The Morgan fingerprint density at radius 1 is 1.04 bits per heavy atom. The third-order valence-corrected chi connectivity index (χ3v) is 9.55. The average Bonchev–Trinajstić information content (AvgIpc) is 3.07. The second-order valence-corrected chi connectivity index (χ2v) is 12.1. The first kappa shape index (κ1) is 32.4. The molecule has 0 aliphatic carbocycles. The first-order chi connectivity index (χ1) is 22.1. The number of nitrogens with zero attached hydrogens (tertiary/aromatic N) is 3. The van der Waals surface area contributed by atoms with Crippen molar-refractivity contribution in [1.29, 1.82) is 0 Å². The second kappa shape index (κ2) is 14.0. The summed E-state index contributed by atoms with van der Waals surface area (Å²) >= 11 is 2.04. The van der Waals surface area contributed by atoms with E-state index >= 15 is 0 Å². The van der Waals surface area contributed by atoms with Crippen LogP contribution in [0.5, 0.6) is 5.75 Å². The number of fused-ring (bicyclic) bond motifs is 1. The number of nitro benzene ring substituents is 1. The monoisotopic (exact) mass is 662 g/mol. The van der Waals surface area contributed by atoms with E-state index in [0.717, 1.165) is 28.4 Å². The van der Waals surface area contributed by atoms with Gasteiger partial charge in [-0.2, -0.15) is 0 Å². The van der Waals surface area contributed by atoms with Crippen molar-refractivity contribution in [1.82, 2.24) is 9.80 Å². The molecule has 13 nitrogen and oxygen atoms in total. The number of carboxylic acids is 1. The molecule has 3 amide bonds. The molecule has 0 bridgehead atoms. The third-order valence-electron chi connectivity index (χ3n) is 7.23. The van der Waals surface area contributed by atoms with Crippen LogP contribution in [-0.2, 0) is 19.2 Å². The van der Waals surface area contributed by atoms with E-state index in [9.17, 15) is 39.2 Å². The molecule has 0 radical (unpaired) electrons. The molecule has 0 spiro atoms. The van der Waals surface area contributed by atoms with E-state index in [4.69, 9.17) is 10.5 Å². The van der Waals surface area contributed by atoms with Gasteiger partial charge < -0.3 is 15.6 Å². The van der Waals surface area contributed by atoms with Crippen molar-refractivity contribution in [3.05, 3.63) is 117 Å². The zero-order valence-corrected chi connectivity index (χ0v) is 25.5. The highest BCUT2D eigenvalue weighted by Gasteiger charge is 2.58. The van der Waals surface area contributed by atoms with Gasteiger partial charge in [0.1, 0.15) is 23.2 Å². The van der Waals surface area contributed by atoms with Gasteiger partial charge >= 0.3 is 11.7 Å². The number of amides is 3. The maximum Gasteiger partial charge on any atom is 0.352 e. The summed E-state index contributed by atoms with van der Waals surface area (Å²) in [7, 11) is 0. The quantitative estimate of drug-likeness (QED) is 0.173. The van der Waals surface area contributed by atoms with Crippen LogP contribution in [0.2, 0.25) is 0 Å². The smallest absolute Gasteiger partial charge is 0.352 e. The molecule has 46 heavy (non-hydrogen) atoms. The summed E-state index contributed by atoms with van der Waals surface area (Å²) in [6, 6.07) is 19.2. The van der Waals surface area contributed by atoms with Gasteiger partial charge in [-0.25, -0.2) is 4.79 Å². The van der Waals surface area contributed by atoms with Crippen LogP contribution in [0.4, 0.5) is 5.69 Å². The van der Waals surface area contributed by atoms with Crippen molar-refractivity contribution in [2.24, 2.45) is 5.73 Å². The van der Waals surface area contributed by atoms with E-state index in [1.165, 1.54) is 24.3 Å². The number of ether oxygens (including phenoxy) is 1. The fourth-order valence-corrected chi connectivity index (χ4v) is 7.36. The van der Waals surface area contributed by atoms with E-state index in [1.54, 1.807) is 60.7 Å². The topological polar surface area (TPSA) is 190 Å². The van der Waals surface area contributed by atoms with Gasteiger partial charge in [0.05, 0.1) is 4.92 Å². The van der Waals surface area contributed by atoms with Crippen LogP contribution >= 0.6 is 23.5 Å². The number of benzene rings is 3. The van der Waals surface area contributed by atoms with Crippen molar-refractivity contribution in [2.45, 2.75) is 17.5 Å². The number of hydrogen-bond acceptors (Lipinski definition) is 11. The van der Waals surface area contributed by atoms with Crippen molar-refractivity contribution >= 4 is 58.0 Å². The number of nitro groups is 1. The van der Waals surface area contributed by atoms with Gasteiger partial charge in [-0.1, -0.05) is 84.6 Å². The number of β-lactam (4-membered cyclic amide) rings is 1. The van der Waals surface area contributed by atoms with Crippen molar-refractivity contribution in [2.75, 3.05) is 18.1 Å². The van der Waals surface area contributed by atoms with Crippen LogP contribution in [0.25, 0.3) is 0 Å². The molecule has 1 unspecified atom stereocenters. The highest BCUT2D eigenvalue weighted by atomic mass is 32.2. The zero-order valence-electron chi connectivity index (χ0n) is 23.9. The number of carboxylic acid groups (broad SMARTS) is 1. The molecule has 3 aromatic rings. The minimum atomic E-state index is -1.43. The third kappa shape index (κ3) is 6.51. The molecule has 2 heterocycles.